The van der Waals surface area contributed by atoms with Gasteiger partial charge in [0.1, 0.15) is 11.4 Å². The lowest BCUT2D eigenvalue weighted by atomic mass is 10.1. The van der Waals surface area contributed by atoms with E-state index in [1.807, 2.05) is 0 Å². The minimum absolute atomic E-state index is 0.0583. The van der Waals surface area contributed by atoms with Crippen LogP contribution >= 0.6 is 11.6 Å². The molecule has 3 aromatic carbocycles. The Morgan fingerprint density at radius 2 is 1.70 bits per heavy atom. The van der Waals surface area contributed by atoms with Crippen LogP contribution in [0, 0.1) is 0 Å². The molecule has 0 radical (unpaired) electrons. The van der Waals surface area contributed by atoms with Gasteiger partial charge in [-0.05, 0) is 53.2 Å². The number of hydrogen-bond acceptors (Lipinski definition) is 12. The molecule has 1 atom stereocenters. The van der Waals surface area contributed by atoms with Crippen LogP contribution in [0.1, 0.15) is 5.56 Å². The lowest BCUT2D eigenvalue weighted by molar-refractivity contribution is -0.137. The highest BCUT2D eigenvalue weighted by Crippen LogP contribution is 2.42. The summed E-state index contributed by atoms with van der Waals surface area (Å²) in [6.45, 7) is -0.0583. The predicted octanol–water partition coefficient (Wildman–Crippen LogP) is 4.99. The SMILES string of the molecule is C=S(=O)(O)CCNc1nc(Cl)nc(Nc2ccc(N=Nc3c(N)ccc4cc(S(=O)(=O)O)cc(O)c34)c(C(F)(F)F)c2)n1. The number of anilines is 4. The van der Waals surface area contributed by atoms with Crippen molar-refractivity contribution in [1.29, 1.82) is 0 Å². The standard InChI is InChI=1S/C23H20ClF3N8O6S2/c1-42(37,38)7-6-29-21-31-20(24)32-22(33-21)30-12-3-5-16(14(9-12)23(25,26)27)34-35-19-15(28)4-2-11-8-13(43(39,40)41)10-17(36)18(11)19/h2-5,8-10,36H,1,6-7,28H2,(H,37,38)(H,39,40,41)(H2,29,30,31,32,33). The Hall–Kier alpha value is -4.30. The molecular weight excluding hydrogens is 641 g/mol. The fraction of sp³-hybridized carbons (Fsp3) is 0.130. The van der Waals surface area contributed by atoms with Crippen molar-refractivity contribution in [1.82, 2.24) is 15.0 Å². The predicted molar refractivity (Wildman–Crippen MR) is 155 cm³/mol. The molecule has 0 aliphatic rings. The zero-order valence-corrected chi connectivity index (χ0v) is 23.8. The average molecular weight is 661 g/mol. The third kappa shape index (κ3) is 7.96. The van der Waals surface area contributed by atoms with Crippen LogP contribution in [0.5, 0.6) is 5.75 Å². The Bertz CT molecular complexity index is 1980. The number of hydrogen-bond donors (Lipinski definition) is 6. The van der Waals surface area contributed by atoms with Crippen molar-refractivity contribution in [3.05, 3.63) is 53.3 Å². The summed E-state index contributed by atoms with van der Waals surface area (Å²) in [5.74, 6) is 1.83. The average Bonchev–Trinajstić information content (AvgIpc) is 2.86. The van der Waals surface area contributed by atoms with E-state index in [4.69, 9.17) is 17.3 Å². The highest BCUT2D eigenvalue weighted by atomic mass is 35.5. The van der Waals surface area contributed by atoms with E-state index in [0.29, 0.717) is 6.07 Å². The second-order valence-electron chi connectivity index (χ2n) is 8.73. The number of aromatic hydroxyl groups is 1. The molecule has 1 aromatic heterocycles. The van der Waals surface area contributed by atoms with Crippen molar-refractivity contribution in [2.75, 3.05) is 28.7 Å². The van der Waals surface area contributed by atoms with Gasteiger partial charge in [0, 0.05) is 18.3 Å². The van der Waals surface area contributed by atoms with E-state index in [2.05, 4.69) is 41.7 Å². The van der Waals surface area contributed by atoms with Crippen LogP contribution in [-0.4, -0.2) is 60.0 Å². The molecule has 4 rings (SSSR count). The van der Waals surface area contributed by atoms with E-state index in [0.717, 1.165) is 18.2 Å². The van der Waals surface area contributed by atoms with Crippen LogP contribution in [0.15, 0.2) is 57.6 Å². The van der Waals surface area contributed by atoms with Gasteiger partial charge in [0.2, 0.25) is 17.2 Å². The van der Waals surface area contributed by atoms with Gasteiger partial charge in [-0.3, -0.25) is 4.55 Å². The first-order valence-electron chi connectivity index (χ1n) is 11.6. The Labute approximate surface area is 246 Å². The number of aromatic nitrogens is 3. The van der Waals surface area contributed by atoms with Crippen LogP contribution in [0.3, 0.4) is 0 Å². The van der Waals surface area contributed by atoms with Crippen molar-refractivity contribution < 1.29 is 40.0 Å². The molecular formula is C23H20ClF3N8O6S2. The molecule has 14 nitrogen and oxygen atoms in total. The molecule has 0 amide bonds. The molecule has 0 saturated carbocycles. The first-order valence-corrected chi connectivity index (χ1v) is 15.2. The number of halogens is 4. The second-order valence-corrected chi connectivity index (χ2v) is 12.4. The topological polar surface area (TPSA) is 225 Å². The molecule has 0 fully saturated rings. The minimum atomic E-state index is -4.92. The van der Waals surface area contributed by atoms with Gasteiger partial charge in [-0.25, -0.2) is 4.21 Å². The smallest absolute Gasteiger partial charge is 0.418 e. The van der Waals surface area contributed by atoms with E-state index >= 15 is 0 Å². The number of nitrogen functional groups attached to an aromatic ring is 1. The fourth-order valence-corrected chi connectivity index (χ4v) is 4.76. The molecule has 43 heavy (non-hydrogen) atoms. The van der Waals surface area contributed by atoms with Gasteiger partial charge in [-0.2, -0.15) is 36.5 Å². The molecule has 228 valence electrons. The number of nitrogens with one attached hydrogen (secondary N) is 2. The van der Waals surface area contributed by atoms with Crippen LogP contribution in [0.25, 0.3) is 10.8 Å². The summed E-state index contributed by atoms with van der Waals surface area (Å²) in [6, 6.07) is 7.24. The molecule has 0 spiro atoms. The van der Waals surface area contributed by atoms with Gasteiger partial charge >= 0.3 is 6.18 Å². The molecule has 0 aliphatic carbocycles. The Morgan fingerprint density at radius 1 is 1.00 bits per heavy atom. The van der Waals surface area contributed by atoms with E-state index in [1.165, 1.54) is 18.2 Å². The second kappa shape index (κ2) is 11.8. The van der Waals surface area contributed by atoms with Crippen molar-refractivity contribution in [2.45, 2.75) is 11.1 Å². The largest absolute Gasteiger partial charge is 0.507 e. The summed E-state index contributed by atoms with van der Waals surface area (Å²) in [5.41, 5.74) is 3.59. The zero-order chi connectivity index (χ0) is 31.7. The summed E-state index contributed by atoms with van der Waals surface area (Å²) in [4.78, 5) is 10.9. The highest BCUT2D eigenvalue weighted by Gasteiger charge is 2.34. The maximum absolute atomic E-state index is 14.0. The Kier molecular flexibility index (Phi) is 8.65. The summed E-state index contributed by atoms with van der Waals surface area (Å²) in [5, 5.41) is 22.8. The minimum Gasteiger partial charge on any atom is -0.507 e. The summed E-state index contributed by atoms with van der Waals surface area (Å²) in [7, 11) is -7.97. The van der Waals surface area contributed by atoms with Crippen molar-refractivity contribution in [3.8, 4) is 5.75 Å². The van der Waals surface area contributed by atoms with Crippen molar-refractivity contribution in [3.63, 3.8) is 0 Å². The first kappa shape index (κ1) is 31.6. The summed E-state index contributed by atoms with van der Waals surface area (Å²) < 4.78 is 94.9. The number of nitrogens with zero attached hydrogens (tertiary/aromatic N) is 5. The number of phenolic OH excluding ortho intramolecular Hbond substituents is 1. The Morgan fingerprint density at radius 3 is 2.35 bits per heavy atom. The molecule has 1 heterocycles. The van der Waals surface area contributed by atoms with E-state index < -0.39 is 48.0 Å². The van der Waals surface area contributed by atoms with Gasteiger partial charge < -0.3 is 26.0 Å². The number of azo groups is 1. The maximum Gasteiger partial charge on any atom is 0.418 e. The van der Waals surface area contributed by atoms with Crippen molar-refractivity contribution >= 4 is 82.8 Å². The van der Waals surface area contributed by atoms with Crippen LogP contribution in [0.2, 0.25) is 5.28 Å². The molecule has 20 heteroatoms. The molecule has 0 bridgehead atoms. The first-order chi connectivity index (χ1) is 19.9. The number of nitrogens with two attached hydrogens (primary N) is 1. The molecule has 1 unspecified atom stereocenters. The maximum atomic E-state index is 14.0. The molecule has 7 N–H and O–H groups in total. The number of phenols is 1. The zero-order valence-electron chi connectivity index (χ0n) is 21.4. The van der Waals surface area contributed by atoms with Crippen LogP contribution in [0.4, 0.5) is 47.8 Å². The third-order valence-electron chi connectivity index (χ3n) is 5.50. The summed E-state index contributed by atoms with van der Waals surface area (Å²) >= 11 is 5.87. The third-order valence-corrected chi connectivity index (χ3v) is 7.34. The van der Waals surface area contributed by atoms with Crippen LogP contribution < -0.4 is 16.4 Å². The van der Waals surface area contributed by atoms with E-state index in [9.17, 15) is 40.0 Å². The Balaban J connectivity index is 1.68. The monoisotopic (exact) mass is 660 g/mol. The molecule has 4 aromatic rings. The lowest BCUT2D eigenvalue weighted by Gasteiger charge is -2.13. The lowest BCUT2D eigenvalue weighted by Crippen LogP contribution is -2.16. The van der Waals surface area contributed by atoms with Gasteiger partial charge in [-0.15, -0.1) is 10.2 Å². The molecule has 0 saturated heterocycles. The number of alkyl halides is 3. The number of benzene rings is 3. The highest BCUT2D eigenvalue weighted by molar-refractivity contribution is 7.95. The fourth-order valence-electron chi connectivity index (χ4n) is 3.64. The number of rotatable bonds is 9. The van der Waals surface area contributed by atoms with E-state index in [-0.39, 0.29) is 57.3 Å². The van der Waals surface area contributed by atoms with E-state index in [1.54, 1.807) is 0 Å². The number of fused-ring (bicyclic) bond motifs is 1. The van der Waals surface area contributed by atoms with Gasteiger partial charge in [0.05, 0.1) is 42.8 Å². The normalized spacial score (nSPS) is 13.7. The van der Waals surface area contributed by atoms with Crippen LogP contribution in [-0.2, 0) is 26.1 Å². The van der Waals surface area contributed by atoms with Gasteiger partial charge in [-0.1, -0.05) is 6.07 Å². The summed E-state index contributed by atoms with van der Waals surface area (Å²) in [6.07, 6.45) is -4.92. The van der Waals surface area contributed by atoms with Gasteiger partial charge in [0.15, 0.2) is 0 Å². The quantitative estimate of drug-likeness (QED) is 0.0604. The molecule has 0 aliphatic heterocycles. The van der Waals surface area contributed by atoms with Gasteiger partial charge in [0.25, 0.3) is 10.1 Å². The van der Waals surface area contributed by atoms with Crippen molar-refractivity contribution in [2.24, 2.45) is 10.2 Å².